The normalized spacial score (nSPS) is 32.7. The maximum atomic E-state index is 13.6. The summed E-state index contributed by atoms with van der Waals surface area (Å²) in [5.74, 6) is 1.98. The number of aromatic nitrogens is 1. The van der Waals surface area contributed by atoms with Crippen molar-refractivity contribution in [3.63, 3.8) is 0 Å². The number of hydrogen-bond acceptors (Lipinski definition) is 6. The van der Waals surface area contributed by atoms with Gasteiger partial charge in [-0.2, -0.15) is 0 Å². The van der Waals surface area contributed by atoms with E-state index in [0.29, 0.717) is 12.2 Å². The first kappa shape index (κ1) is 23.3. The predicted octanol–water partition coefficient (Wildman–Crippen LogP) is 5.72. The summed E-state index contributed by atoms with van der Waals surface area (Å²) < 4.78 is 11.9. The van der Waals surface area contributed by atoms with Crippen molar-refractivity contribution in [2.45, 2.75) is 71.6 Å². The molecule has 36 heavy (non-hydrogen) atoms. The average Bonchev–Trinajstić information content (AvgIpc) is 3.35. The summed E-state index contributed by atoms with van der Waals surface area (Å²) in [5.41, 5.74) is 10.3. The molecule has 1 saturated heterocycles. The standard InChI is InChI=1S/C30H34N2O4/c1-3-5-7-22-20-10-9-19-18-11-13-30(26(19)25(20)28(33)35-22)23(8-6-4-2)36-29(34)27(30)21(18)15-17-12-14-32-24(31)16-17/h7-8,12,14,16,18-19,26H,3-6,9-11,13,15H2,1-2H3,(H2,31,32)/b22-7-,23-8-/t18-,19-,26+,30-/m0/s1. The Hall–Kier alpha value is -3.15. The molecule has 0 unspecified atom stereocenters. The van der Waals surface area contributed by atoms with Gasteiger partial charge in [0.25, 0.3) is 0 Å². The summed E-state index contributed by atoms with van der Waals surface area (Å²) in [4.78, 5) is 31.1. The number of ether oxygens (including phenoxy) is 2. The van der Waals surface area contributed by atoms with Gasteiger partial charge >= 0.3 is 11.9 Å². The van der Waals surface area contributed by atoms with Crippen LogP contribution in [0.2, 0.25) is 0 Å². The van der Waals surface area contributed by atoms with Crippen molar-refractivity contribution in [2.24, 2.45) is 23.2 Å². The van der Waals surface area contributed by atoms with Gasteiger partial charge in [-0.1, -0.05) is 32.3 Å². The molecule has 4 aliphatic carbocycles. The van der Waals surface area contributed by atoms with Crippen LogP contribution < -0.4 is 5.73 Å². The number of nitrogens with two attached hydrogens (primary N) is 1. The first-order valence-corrected chi connectivity index (χ1v) is 13.5. The molecule has 1 saturated carbocycles. The zero-order valence-corrected chi connectivity index (χ0v) is 21.1. The third-order valence-corrected chi connectivity index (χ3v) is 8.95. The van der Waals surface area contributed by atoms with Crippen molar-refractivity contribution < 1.29 is 19.1 Å². The van der Waals surface area contributed by atoms with Gasteiger partial charge in [0, 0.05) is 23.3 Å². The molecule has 2 aliphatic heterocycles. The van der Waals surface area contributed by atoms with Gasteiger partial charge in [0.15, 0.2) is 0 Å². The van der Waals surface area contributed by atoms with E-state index >= 15 is 0 Å². The molecule has 6 nitrogen and oxygen atoms in total. The summed E-state index contributed by atoms with van der Waals surface area (Å²) in [6.45, 7) is 4.25. The first-order chi connectivity index (χ1) is 17.5. The number of anilines is 1. The van der Waals surface area contributed by atoms with Crippen LogP contribution in [0.1, 0.15) is 70.8 Å². The van der Waals surface area contributed by atoms with Crippen molar-refractivity contribution in [3.05, 3.63) is 69.9 Å². The van der Waals surface area contributed by atoms with Crippen LogP contribution in [0.15, 0.2) is 64.3 Å². The molecule has 188 valence electrons. The molecule has 0 aromatic carbocycles. The van der Waals surface area contributed by atoms with Gasteiger partial charge in [-0.05, 0) is 86.6 Å². The fourth-order valence-corrected chi connectivity index (χ4v) is 7.66. The van der Waals surface area contributed by atoms with E-state index in [2.05, 4.69) is 31.0 Å². The molecule has 1 spiro atoms. The minimum atomic E-state index is -0.584. The second-order valence-corrected chi connectivity index (χ2v) is 10.8. The molecule has 1 aromatic rings. The smallest absolute Gasteiger partial charge is 0.340 e. The van der Waals surface area contributed by atoms with Crippen LogP contribution in [0.5, 0.6) is 0 Å². The largest absolute Gasteiger partial charge is 0.427 e. The van der Waals surface area contributed by atoms with E-state index in [1.807, 2.05) is 12.1 Å². The van der Waals surface area contributed by atoms with E-state index < -0.39 is 5.41 Å². The van der Waals surface area contributed by atoms with E-state index in [1.54, 1.807) is 6.20 Å². The topological polar surface area (TPSA) is 91.5 Å². The van der Waals surface area contributed by atoms with Gasteiger partial charge < -0.3 is 15.2 Å². The lowest BCUT2D eigenvalue weighted by Crippen LogP contribution is -2.52. The highest BCUT2D eigenvalue weighted by atomic mass is 16.5. The molecule has 1 aromatic heterocycles. The van der Waals surface area contributed by atoms with Gasteiger partial charge in [-0.15, -0.1) is 0 Å². The van der Waals surface area contributed by atoms with Crippen LogP contribution >= 0.6 is 0 Å². The number of cyclic esters (lactones) is 2. The number of pyridine rings is 1. The second-order valence-electron chi connectivity index (χ2n) is 10.8. The minimum absolute atomic E-state index is 0.0733. The maximum absolute atomic E-state index is 13.6. The molecule has 6 heteroatoms. The number of esters is 2. The van der Waals surface area contributed by atoms with Crippen molar-refractivity contribution in [2.75, 3.05) is 5.73 Å². The lowest BCUT2D eigenvalue weighted by Gasteiger charge is -2.56. The van der Waals surface area contributed by atoms with E-state index in [1.165, 1.54) is 5.57 Å². The molecule has 2 fully saturated rings. The lowest BCUT2D eigenvalue weighted by atomic mass is 9.44. The summed E-state index contributed by atoms with van der Waals surface area (Å²) in [6, 6.07) is 3.87. The molecule has 2 N–H and O–H groups in total. The Morgan fingerprint density at radius 2 is 1.92 bits per heavy atom. The second kappa shape index (κ2) is 8.75. The first-order valence-electron chi connectivity index (χ1n) is 13.5. The number of hydrogen-bond donors (Lipinski definition) is 1. The highest BCUT2D eigenvalue weighted by Crippen LogP contribution is 2.70. The number of nitrogens with zero attached hydrogens (tertiary/aromatic N) is 1. The molecule has 2 bridgehead atoms. The Morgan fingerprint density at radius 3 is 2.69 bits per heavy atom. The molecule has 4 atom stereocenters. The third kappa shape index (κ3) is 3.26. The zero-order chi connectivity index (χ0) is 25.0. The molecular formula is C30H34N2O4. The summed E-state index contributed by atoms with van der Waals surface area (Å²) in [5, 5.41) is 0. The van der Waals surface area contributed by atoms with Crippen LogP contribution in [0.25, 0.3) is 0 Å². The van der Waals surface area contributed by atoms with Gasteiger partial charge in [-0.3, -0.25) is 0 Å². The number of nitrogen functional groups attached to an aromatic ring is 1. The van der Waals surface area contributed by atoms with Crippen molar-refractivity contribution in [1.82, 2.24) is 4.98 Å². The Balaban J connectivity index is 1.55. The van der Waals surface area contributed by atoms with Gasteiger partial charge in [-0.25, -0.2) is 14.6 Å². The van der Waals surface area contributed by atoms with Crippen molar-refractivity contribution >= 4 is 17.8 Å². The predicted molar refractivity (Wildman–Crippen MR) is 136 cm³/mol. The van der Waals surface area contributed by atoms with Gasteiger partial charge in [0.1, 0.15) is 17.3 Å². The fourth-order valence-electron chi connectivity index (χ4n) is 7.66. The number of rotatable bonds is 6. The van der Waals surface area contributed by atoms with E-state index in [0.717, 1.165) is 85.2 Å². The summed E-state index contributed by atoms with van der Waals surface area (Å²) in [7, 11) is 0. The van der Waals surface area contributed by atoms with E-state index in [-0.39, 0.29) is 29.7 Å². The molecule has 0 amide bonds. The highest BCUT2D eigenvalue weighted by molar-refractivity contribution is 6.00. The lowest BCUT2D eigenvalue weighted by molar-refractivity contribution is -0.135. The minimum Gasteiger partial charge on any atom is -0.427 e. The SMILES string of the molecule is CCC/C=C1\OC(=O)C2=C1CC[C@H]1[C@@H]3CC[C@@]4(C(=C3Cc3ccnc(N)c3)C(=O)O/C4=C\CCC)[C@@H]21. The monoisotopic (exact) mass is 486 g/mol. The number of fused-ring (bicyclic) bond motifs is 1. The Morgan fingerprint density at radius 1 is 1.11 bits per heavy atom. The van der Waals surface area contributed by atoms with Crippen LogP contribution in [0.3, 0.4) is 0 Å². The van der Waals surface area contributed by atoms with Crippen molar-refractivity contribution in [1.29, 1.82) is 0 Å². The highest BCUT2D eigenvalue weighted by Gasteiger charge is 2.68. The number of carbonyl (C=O) groups is 2. The van der Waals surface area contributed by atoms with Gasteiger partial charge in [0.05, 0.1) is 11.0 Å². The van der Waals surface area contributed by atoms with Crippen LogP contribution in [0, 0.1) is 23.2 Å². The number of allylic oxidation sites excluding steroid dienone is 5. The Labute approximate surface area is 212 Å². The van der Waals surface area contributed by atoms with E-state index in [4.69, 9.17) is 15.2 Å². The third-order valence-electron chi connectivity index (χ3n) is 8.95. The molecular weight excluding hydrogens is 452 g/mol. The summed E-state index contributed by atoms with van der Waals surface area (Å²) >= 11 is 0. The zero-order valence-electron chi connectivity index (χ0n) is 21.1. The summed E-state index contributed by atoms with van der Waals surface area (Å²) in [6.07, 6.45) is 13.9. The quantitative estimate of drug-likeness (QED) is 0.517. The molecule has 3 heterocycles. The van der Waals surface area contributed by atoms with Crippen molar-refractivity contribution in [3.8, 4) is 0 Å². The van der Waals surface area contributed by atoms with Crippen LogP contribution in [-0.2, 0) is 25.5 Å². The fraction of sp³-hybridized carbons (Fsp3) is 0.500. The average molecular weight is 487 g/mol. The Bertz CT molecular complexity index is 1270. The molecule has 6 aliphatic rings. The molecule has 0 radical (unpaired) electrons. The van der Waals surface area contributed by atoms with Gasteiger partial charge in [0.2, 0.25) is 0 Å². The molecule has 7 rings (SSSR count). The van der Waals surface area contributed by atoms with E-state index in [9.17, 15) is 9.59 Å². The Kier molecular flexibility index (Phi) is 5.66. The van der Waals surface area contributed by atoms with Crippen LogP contribution in [-0.4, -0.2) is 16.9 Å². The number of unbranched alkanes of at least 4 members (excludes halogenated alkanes) is 2. The van der Waals surface area contributed by atoms with Crippen LogP contribution in [0.4, 0.5) is 5.82 Å². The maximum Gasteiger partial charge on any atom is 0.340 e. The number of carbonyl (C=O) groups excluding carboxylic acids is 2.